The molecule has 0 fully saturated rings. The predicted molar refractivity (Wildman–Crippen MR) is 96.3 cm³/mol. The Balaban J connectivity index is 1.82. The molecule has 3 heterocycles. The molecule has 3 aromatic rings. The van der Waals surface area contributed by atoms with Crippen molar-refractivity contribution in [2.45, 2.75) is 6.92 Å². The molecule has 0 spiro atoms. The maximum Gasteiger partial charge on any atom is 0.355 e. The summed E-state index contributed by atoms with van der Waals surface area (Å²) in [5, 5.41) is 14.3. The van der Waals surface area contributed by atoms with Crippen molar-refractivity contribution >= 4 is 29.0 Å². The number of hydrogen-bond donors (Lipinski definition) is 3. The van der Waals surface area contributed by atoms with Gasteiger partial charge in [0.05, 0.1) is 4.92 Å². The van der Waals surface area contributed by atoms with E-state index in [9.17, 15) is 14.9 Å². The molecule has 11 heteroatoms. The van der Waals surface area contributed by atoms with Crippen molar-refractivity contribution in [2.75, 3.05) is 10.7 Å². The molecule has 3 aromatic heterocycles. The molecular weight excluding hydrogens is 352 g/mol. The lowest BCUT2D eigenvalue weighted by molar-refractivity contribution is -0.383. The Kier molecular flexibility index (Phi) is 5.12. The number of carbonyl (C=O) groups is 1. The molecule has 0 unspecified atom stereocenters. The molecular formula is C16H14N8O3. The molecule has 3 N–H and O–H groups in total. The van der Waals surface area contributed by atoms with Crippen LogP contribution in [0.25, 0.3) is 0 Å². The standard InChI is InChI=1S/C16H14N8O3/c1-10-2-3-12(18-8-10)21-14-13(24(26)27)15(20-9-19-14)22-23-16(25)11-4-6-17-7-5-11/h2-9H,1H3,(H,23,25)(H2,18,19,20,21,22). The molecule has 0 atom stereocenters. The van der Waals surface area contributed by atoms with Crippen LogP contribution in [0.1, 0.15) is 15.9 Å². The van der Waals surface area contributed by atoms with Crippen LogP contribution in [-0.2, 0) is 0 Å². The second-order valence-electron chi connectivity index (χ2n) is 5.34. The number of hydrazine groups is 1. The van der Waals surface area contributed by atoms with Crippen LogP contribution in [0.4, 0.5) is 23.1 Å². The number of aromatic nitrogens is 4. The molecule has 27 heavy (non-hydrogen) atoms. The topological polar surface area (TPSA) is 148 Å². The van der Waals surface area contributed by atoms with Crippen molar-refractivity contribution in [3.63, 3.8) is 0 Å². The van der Waals surface area contributed by atoms with Gasteiger partial charge < -0.3 is 5.32 Å². The van der Waals surface area contributed by atoms with E-state index in [-0.39, 0.29) is 11.6 Å². The van der Waals surface area contributed by atoms with Crippen molar-refractivity contribution < 1.29 is 9.72 Å². The number of hydrogen-bond acceptors (Lipinski definition) is 9. The minimum absolute atomic E-state index is 0.0630. The number of nitro groups is 1. The fourth-order valence-corrected chi connectivity index (χ4v) is 2.09. The third-order valence-electron chi connectivity index (χ3n) is 3.40. The Bertz CT molecular complexity index is 963. The minimum atomic E-state index is -0.655. The molecule has 136 valence electrons. The first-order valence-corrected chi connectivity index (χ1v) is 7.70. The van der Waals surface area contributed by atoms with Crippen LogP contribution in [0.15, 0.2) is 49.2 Å². The minimum Gasteiger partial charge on any atom is -0.319 e. The first kappa shape index (κ1) is 17.7. The summed E-state index contributed by atoms with van der Waals surface area (Å²) in [6.07, 6.45) is 5.66. The van der Waals surface area contributed by atoms with Crippen LogP contribution >= 0.6 is 0 Å². The molecule has 0 bridgehead atoms. The van der Waals surface area contributed by atoms with Gasteiger partial charge in [0.2, 0.25) is 11.6 Å². The lowest BCUT2D eigenvalue weighted by atomic mass is 10.3. The van der Waals surface area contributed by atoms with Crippen molar-refractivity contribution in [3.8, 4) is 0 Å². The molecule has 3 rings (SSSR count). The summed E-state index contributed by atoms with van der Waals surface area (Å²) in [5.41, 5.74) is 5.65. The maximum atomic E-state index is 12.1. The van der Waals surface area contributed by atoms with Gasteiger partial charge in [-0.2, -0.15) is 0 Å². The molecule has 0 aliphatic carbocycles. The van der Waals surface area contributed by atoms with E-state index in [1.807, 2.05) is 6.92 Å². The number of aryl methyl sites for hydroxylation is 1. The van der Waals surface area contributed by atoms with E-state index in [2.05, 4.69) is 36.1 Å². The van der Waals surface area contributed by atoms with Crippen molar-refractivity contribution in [2.24, 2.45) is 0 Å². The molecule has 0 radical (unpaired) electrons. The fourth-order valence-electron chi connectivity index (χ4n) is 2.09. The number of amides is 1. The smallest absolute Gasteiger partial charge is 0.319 e. The Morgan fingerprint density at radius 1 is 1.07 bits per heavy atom. The van der Waals surface area contributed by atoms with Gasteiger partial charge in [-0.15, -0.1) is 0 Å². The summed E-state index contributed by atoms with van der Waals surface area (Å²) in [6.45, 7) is 1.87. The highest BCUT2D eigenvalue weighted by atomic mass is 16.6. The lowest BCUT2D eigenvalue weighted by Gasteiger charge is -2.10. The highest BCUT2D eigenvalue weighted by Gasteiger charge is 2.24. The number of pyridine rings is 2. The van der Waals surface area contributed by atoms with Gasteiger partial charge in [-0.1, -0.05) is 6.07 Å². The average molecular weight is 366 g/mol. The zero-order valence-corrected chi connectivity index (χ0v) is 14.1. The van der Waals surface area contributed by atoms with E-state index in [1.165, 1.54) is 24.5 Å². The van der Waals surface area contributed by atoms with Gasteiger partial charge in [-0.25, -0.2) is 15.0 Å². The van der Waals surface area contributed by atoms with Crippen LogP contribution < -0.4 is 16.2 Å². The van der Waals surface area contributed by atoms with Crippen LogP contribution in [0, 0.1) is 17.0 Å². The van der Waals surface area contributed by atoms with Gasteiger partial charge in [-0.05, 0) is 30.7 Å². The molecule has 0 aliphatic rings. The quantitative estimate of drug-likeness (QED) is 0.440. The van der Waals surface area contributed by atoms with E-state index in [0.29, 0.717) is 11.4 Å². The Morgan fingerprint density at radius 3 is 2.48 bits per heavy atom. The van der Waals surface area contributed by atoms with Gasteiger partial charge in [-0.3, -0.25) is 30.7 Å². The summed E-state index contributed by atoms with van der Waals surface area (Å²) in [5.74, 6) is -0.353. The molecule has 0 saturated carbocycles. The SMILES string of the molecule is Cc1ccc(Nc2ncnc(NNC(=O)c3ccncc3)c2[N+](=O)[O-])nc1. The van der Waals surface area contributed by atoms with Gasteiger partial charge in [0.15, 0.2) is 0 Å². The van der Waals surface area contributed by atoms with Crippen molar-refractivity contribution in [3.05, 3.63) is 70.4 Å². The second kappa shape index (κ2) is 7.82. The average Bonchev–Trinajstić information content (AvgIpc) is 2.68. The van der Waals surface area contributed by atoms with E-state index in [0.717, 1.165) is 11.9 Å². The second-order valence-corrected chi connectivity index (χ2v) is 5.34. The molecule has 1 amide bonds. The normalized spacial score (nSPS) is 10.1. The monoisotopic (exact) mass is 366 g/mol. The first-order chi connectivity index (χ1) is 13.0. The molecule has 11 nitrogen and oxygen atoms in total. The highest BCUT2D eigenvalue weighted by molar-refractivity contribution is 5.94. The van der Waals surface area contributed by atoms with Gasteiger partial charge in [0.25, 0.3) is 5.91 Å². The first-order valence-electron chi connectivity index (χ1n) is 7.70. The Hall–Kier alpha value is -4.15. The number of rotatable bonds is 6. The number of nitrogens with zero attached hydrogens (tertiary/aromatic N) is 5. The predicted octanol–water partition coefficient (Wildman–Crippen LogP) is 1.98. The molecule has 0 aromatic carbocycles. The third-order valence-corrected chi connectivity index (χ3v) is 3.40. The summed E-state index contributed by atoms with van der Waals surface area (Å²) in [7, 11) is 0. The Morgan fingerprint density at radius 2 is 1.81 bits per heavy atom. The fraction of sp³-hybridized carbons (Fsp3) is 0.0625. The number of anilines is 3. The van der Waals surface area contributed by atoms with Crippen molar-refractivity contribution in [1.29, 1.82) is 0 Å². The third kappa shape index (κ3) is 4.28. The zero-order valence-electron chi connectivity index (χ0n) is 14.1. The number of carbonyl (C=O) groups excluding carboxylic acids is 1. The van der Waals surface area contributed by atoms with Gasteiger partial charge >= 0.3 is 5.69 Å². The molecule has 0 saturated heterocycles. The lowest BCUT2D eigenvalue weighted by Crippen LogP contribution is -2.30. The largest absolute Gasteiger partial charge is 0.355 e. The summed E-state index contributed by atoms with van der Waals surface area (Å²) < 4.78 is 0. The Labute approximate surface area is 153 Å². The molecule has 0 aliphatic heterocycles. The van der Waals surface area contributed by atoms with E-state index in [1.54, 1.807) is 18.3 Å². The van der Waals surface area contributed by atoms with Gasteiger partial charge in [0, 0.05) is 24.2 Å². The van der Waals surface area contributed by atoms with Gasteiger partial charge in [0.1, 0.15) is 12.1 Å². The van der Waals surface area contributed by atoms with Crippen LogP contribution in [0.2, 0.25) is 0 Å². The van der Waals surface area contributed by atoms with E-state index >= 15 is 0 Å². The van der Waals surface area contributed by atoms with E-state index < -0.39 is 16.5 Å². The summed E-state index contributed by atoms with van der Waals surface area (Å²) in [6, 6.07) is 6.47. The van der Waals surface area contributed by atoms with Crippen LogP contribution in [0.5, 0.6) is 0 Å². The highest BCUT2D eigenvalue weighted by Crippen LogP contribution is 2.30. The van der Waals surface area contributed by atoms with Crippen LogP contribution in [0.3, 0.4) is 0 Å². The maximum absolute atomic E-state index is 12.1. The van der Waals surface area contributed by atoms with E-state index in [4.69, 9.17) is 0 Å². The zero-order chi connectivity index (χ0) is 19.2. The van der Waals surface area contributed by atoms with Crippen LogP contribution in [-0.4, -0.2) is 30.8 Å². The summed E-state index contributed by atoms with van der Waals surface area (Å²) >= 11 is 0. The van der Waals surface area contributed by atoms with Crippen molar-refractivity contribution in [1.82, 2.24) is 25.4 Å². The summed E-state index contributed by atoms with van der Waals surface area (Å²) in [4.78, 5) is 38.6. The number of nitrogens with one attached hydrogen (secondary N) is 3.